The largest absolute Gasteiger partial charge is 1.00 e. The second-order valence-electron chi connectivity index (χ2n) is 4.83. The van der Waals surface area contributed by atoms with Gasteiger partial charge in [-0.25, -0.2) is 4.79 Å². The van der Waals surface area contributed by atoms with Crippen LogP contribution < -0.4 is 23.5 Å². The molecule has 0 aromatic heterocycles. The van der Waals surface area contributed by atoms with Gasteiger partial charge in [-0.2, -0.15) is 0 Å². The molecule has 0 amide bonds. The second kappa shape index (κ2) is 8.02. The summed E-state index contributed by atoms with van der Waals surface area (Å²) in [5.74, 6) is -0.280. The first-order valence-electron chi connectivity index (χ1n) is 6.62. The summed E-state index contributed by atoms with van der Waals surface area (Å²) >= 11 is 0. The van der Waals surface area contributed by atoms with E-state index in [0.29, 0.717) is 23.9 Å². The highest BCUT2D eigenvalue weighted by Crippen LogP contribution is 2.09. The van der Waals surface area contributed by atoms with Crippen molar-refractivity contribution in [2.45, 2.75) is 31.7 Å². The van der Waals surface area contributed by atoms with Crippen LogP contribution >= 0.6 is 0 Å². The number of halogens is 1. The van der Waals surface area contributed by atoms with Crippen molar-refractivity contribution in [3.05, 3.63) is 29.8 Å². The van der Waals surface area contributed by atoms with Gasteiger partial charge in [0, 0.05) is 12.1 Å². The number of nitrogen functional groups attached to an aromatic ring is 1. The Morgan fingerprint density at radius 1 is 1.42 bits per heavy atom. The number of anilines is 1. The molecule has 1 unspecified atom stereocenters. The number of carbonyl (C=O) groups is 1. The number of hydrogen-bond donors (Lipinski definition) is 2. The first kappa shape index (κ1) is 15.8. The first-order chi connectivity index (χ1) is 8.75. The average molecular weight is 285 g/mol. The second-order valence-corrected chi connectivity index (χ2v) is 4.83. The fourth-order valence-corrected chi connectivity index (χ4v) is 2.34. The summed E-state index contributed by atoms with van der Waals surface area (Å²) in [6, 6.07) is 7.52. The van der Waals surface area contributed by atoms with Crippen LogP contribution in [0.3, 0.4) is 0 Å². The van der Waals surface area contributed by atoms with Crippen molar-refractivity contribution in [1.82, 2.24) is 0 Å². The zero-order chi connectivity index (χ0) is 12.8. The minimum absolute atomic E-state index is 0. The maximum Gasteiger partial charge on any atom is 0.338 e. The third-order valence-corrected chi connectivity index (χ3v) is 3.37. The van der Waals surface area contributed by atoms with Crippen LogP contribution in [0, 0.1) is 0 Å². The van der Waals surface area contributed by atoms with E-state index in [1.54, 1.807) is 24.3 Å². The van der Waals surface area contributed by atoms with E-state index in [-0.39, 0.29) is 18.4 Å². The molecule has 0 saturated carbocycles. The van der Waals surface area contributed by atoms with E-state index in [0.717, 1.165) is 6.42 Å². The number of piperidine rings is 1. The molecule has 1 fully saturated rings. The fraction of sp³-hybridized carbons (Fsp3) is 0.500. The number of esters is 1. The van der Waals surface area contributed by atoms with E-state index in [4.69, 9.17) is 10.5 Å². The van der Waals surface area contributed by atoms with Crippen LogP contribution in [-0.2, 0) is 4.74 Å². The number of nitrogens with two attached hydrogens (primary N) is 2. The number of benzene rings is 1. The molecule has 1 aromatic carbocycles. The standard InChI is InChI=1S/C14H20N2O2.ClH/c15-12-5-3-4-11(10-12)14(17)18-9-7-13-6-1-2-8-16-13;/h3-5,10,13,16H,1-2,6-9,15H2;1H. The van der Waals surface area contributed by atoms with Crippen LogP contribution in [0.2, 0.25) is 0 Å². The molecule has 1 heterocycles. The monoisotopic (exact) mass is 284 g/mol. The Balaban J connectivity index is 0.00000180. The van der Waals surface area contributed by atoms with Crippen molar-refractivity contribution in [1.29, 1.82) is 0 Å². The highest BCUT2D eigenvalue weighted by atomic mass is 35.5. The normalized spacial score (nSPS) is 18.4. The molecule has 4 N–H and O–H groups in total. The van der Waals surface area contributed by atoms with Gasteiger partial charge in [0.15, 0.2) is 0 Å². The Morgan fingerprint density at radius 3 is 2.95 bits per heavy atom. The third-order valence-electron chi connectivity index (χ3n) is 3.37. The van der Waals surface area contributed by atoms with Crippen LogP contribution in [0.15, 0.2) is 24.3 Å². The molecule has 5 heteroatoms. The first-order valence-corrected chi connectivity index (χ1v) is 6.62. The quantitative estimate of drug-likeness (QED) is 0.493. The lowest BCUT2D eigenvalue weighted by atomic mass is 10.0. The molecule has 0 radical (unpaired) electrons. The van der Waals surface area contributed by atoms with Crippen LogP contribution in [0.25, 0.3) is 0 Å². The van der Waals surface area contributed by atoms with Gasteiger partial charge in [0.2, 0.25) is 0 Å². The van der Waals surface area contributed by atoms with E-state index in [2.05, 4.69) is 5.32 Å². The van der Waals surface area contributed by atoms with Crippen LogP contribution in [0.4, 0.5) is 5.69 Å². The van der Waals surface area contributed by atoms with Gasteiger partial charge >= 0.3 is 5.97 Å². The number of quaternary nitrogens is 1. The fourth-order valence-electron chi connectivity index (χ4n) is 2.34. The van der Waals surface area contributed by atoms with Crippen molar-refractivity contribution in [2.75, 3.05) is 18.9 Å². The summed E-state index contributed by atoms with van der Waals surface area (Å²) in [7, 11) is 0. The Morgan fingerprint density at radius 2 is 2.26 bits per heavy atom. The molecular weight excluding hydrogens is 264 g/mol. The molecule has 1 aliphatic rings. The number of ether oxygens (including phenoxy) is 1. The summed E-state index contributed by atoms with van der Waals surface area (Å²) in [5, 5.41) is 2.36. The minimum atomic E-state index is -0.280. The summed E-state index contributed by atoms with van der Waals surface area (Å²) in [6.07, 6.45) is 4.77. The average Bonchev–Trinajstić information content (AvgIpc) is 2.40. The van der Waals surface area contributed by atoms with E-state index >= 15 is 0 Å². The molecule has 4 nitrogen and oxygen atoms in total. The van der Waals surface area contributed by atoms with Gasteiger partial charge in [-0.3, -0.25) is 0 Å². The predicted octanol–water partition coefficient (Wildman–Crippen LogP) is -2.06. The van der Waals surface area contributed by atoms with E-state index in [1.165, 1.54) is 25.8 Å². The van der Waals surface area contributed by atoms with Gasteiger partial charge < -0.3 is 28.2 Å². The molecular formula is C14H21ClN2O2. The molecule has 0 bridgehead atoms. The Bertz CT molecular complexity index is 406. The molecule has 1 aliphatic heterocycles. The molecule has 1 atom stereocenters. The summed E-state index contributed by atoms with van der Waals surface area (Å²) in [4.78, 5) is 11.8. The smallest absolute Gasteiger partial charge is 0.338 e. The lowest BCUT2D eigenvalue weighted by Crippen LogP contribution is -3.00. The zero-order valence-corrected chi connectivity index (χ0v) is 11.7. The van der Waals surface area contributed by atoms with Gasteiger partial charge in [-0.15, -0.1) is 0 Å². The van der Waals surface area contributed by atoms with Crippen molar-refractivity contribution in [3.8, 4) is 0 Å². The van der Waals surface area contributed by atoms with Gasteiger partial charge in [-0.05, 0) is 37.5 Å². The highest BCUT2D eigenvalue weighted by Gasteiger charge is 2.16. The maximum absolute atomic E-state index is 11.8. The third kappa shape index (κ3) is 5.09. The zero-order valence-electron chi connectivity index (χ0n) is 11.0. The van der Waals surface area contributed by atoms with Gasteiger partial charge in [0.25, 0.3) is 0 Å². The summed E-state index contributed by atoms with van der Waals surface area (Å²) in [6.45, 7) is 1.70. The molecule has 1 aromatic rings. The Kier molecular flexibility index (Phi) is 6.67. The van der Waals surface area contributed by atoms with Crippen molar-refractivity contribution < 1.29 is 27.3 Å². The van der Waals surface area contributed by atoms with Gasteiger partial charge in [0.05, 0.1) is 24.8 Å². The minimum Gasteiger partial charge on any atom is -1.00 e. The van der Waals surface area contributed by atoms with Crippen LogP contribution in [0.1, 0.15) is 36.0 Å². The number of hydrogen-bond acceptors (Lipinski definition) is 3. The molecule has 1 saturated heterocycles. The molecule has 19 heavy (non-hydrogen) atoms. The molecule has 0 spiro atoms. The van der Waals surface area contributed by atoms with Crippen LogP contribution in [-0.4, -0.2) is 25.2 Å². The number of carbonyl (C=O) groups excluding carboxylic acids is 1. The highest BCUT2D eigenvalue weighted by molar-refractivity contribution is 5.90. The predicted molar refractivity (Wildman–Crippen MR) is 70.2 cm³/mol. The maximum atomic E-state index is 11.8. The Hall–Kier alpha value is -1.26. The summed E-state index contributed by atoms with van der Waals surface area (Å²) in [5.41, 5.74) is 6.75. The van der Waals surface area contributed by atoms with Crippen molar-refractivity contribution >= 4 is 11.7 Å². The van der Waals surface area contributed by atoms with Gasteiger partial charge in [0.1, 0.15) is 0 Å². The molecule has 0 aliphatic carbocycles. The van der Waals surface area contributed by atoms with E-state index < -0.39 is 0 Å². The number of rotatable bonds is 4. The SMILES string of the molecule is Nc1cccc(C(=O)OCCC2CCCC[NH2+]2)c1.[Cl-]. The van der Waals surface area contributed by atoms with Crippen molar-refractivity contribution in [2.24, 2.45) is 0 Å². The van der Waals surface area contributed by atoms with E-state index in [9.17, 15) is 4.79 Å². The van der Waals surface area contributed by atoms with E-state index in [1.807, 2.05) is 0 Å². The Labute approximate surface area is 120 Å². The van der Waals surface area contributed by atoms with Gasteiger partial charge in [-0.1, -0.05) is 6.07 Å². The molecule has 106 valence electrons. The topological polar surface area (TPSA) is 68.9 Å². The van der Waals surface area contributed by atoms with Crippen LogP contribution in [0.5, 0.6) is 0 Å². The van der Waals surface area contributed by atoms with Crippen molar-refractivity contribution in [3.63, 3.8) is 0 Å². The molecule has 2 rings (SSSR count). The lowest BCUT2D eigenvalue weighted by molar-refractivity contribution is -0.698. The summed E-state index contributed by atoms with van der Waals surface area (Å²) < 4.78 is 5.27. The lowest BCUT2D eigenvalue weighted by Gasteiger charge is -2.19.